The molecule has 0 aliphatic carbocycles. The van der Waals surface area contributed by atoms with Crippen LogP contribution < -0.4 is 5.73 Å². The van der Waals surface area contributed by atoms with Crippen molar-refractivity contribution in [2.24, 2.45) is 0 Å². The van der Waals surface area contributed by atoms with Gasteiger partial charge in [-0.25, -0.2) is 14.8 Å². The molecule has 148 valence electrons. The summed E-state index contributed by atoms with van der Waals surface area (Å²) in [6, 6.07) is 1.53. The van der Waals surface area contributed by atoms with Gasteiger partial charge < -0.3 is 40.3 Å². The predicted octanol–water partition coefficient (Wildman–Crippen LogP) is -1.76. The maximum absolute atomic E-state index is 11.2. The summed E-state index contributed by atoms with van der Waals surface area (Å²) < 4.78 is 22.7. The molecule has 2 aromatic rings. The van der Waals surface area contributed by atoms with Gasteiger partial charge in [-0.05, 0) is 6.07 Å². The second-order valence-electron chi connectivity index (χ2n) is 5.88. The zero-order chi connectivity index (χ0) is 19.9. The molecule has 3 heterocycles. The molecule has 0 radical (unpaired) electrons. The third kappa shape index (κ3) is 3.66. The number of hydrogen-bond acceptors (Lipinski definition) is 9. The Kier molecular flexibility index (Phi) is 5.18. The van der Waals surface area contributed by atoms with Gasteiger partial charge in [-0.15, -0.1) is 0 Å². The van der Waals surface area contributed by atoms with Gasteiger partial charge >= 0.3 is 13.6 Å². The first-order valence-electron chi connectivity index (χ1n) is 7.59. The number of fused-ring (bicyclic) bond motifs is 1. The average Bonchev–Trinajstić information content (AvgIpc) is 3.11. The molecular weight excluding hydrogens is 387 g/mol. The number of aliphatic hydroxyl groups excluding tert-OH is 2. The molecular formula is C13H17N4O9P. The molecule has 0 bridgehead atoms. The Bertz CT molecular complexity index is 899. The van der Waals surface area contributed by atoms with Crippen LogP contribution >= 0.6 is 7.60 Å². The number of aliphatic hydroxyl groups is 2. The molecule has 7 N–H and O–H groups in total. The minimum absolute atomic E-state index is 0.284. The van der Waals surface area contributed by atoms with Crippen molar-refractivity contribution in [1.82, 2.24) is 14.5 Å². The van der Waals surface area contributed by atoms with Crippen molar-refractivity contribution in [1.29, 1.82) is 0 Å². The Morgan fingerprint density at radius 1 is 1.37 bits per heavy atom. The van der Waals surface area contributed by atoms with E-state index in [-0.39, 0.29) is 5.65 Å². The van der Waals surface area contributed by atoms with Crippen molar-refractivity contribution >= 4 is 30.4 Å². The van der Waals surface area contributed by atoms with Crippen molar-refractivity contribution < 1.29 is 43.9 Å². The third-order valence-corrected chi connectivity index (χ3v) is 5.02. The first-order valence-corrected chi connectivity index (χ1v) is 9.27. The molecule has 1 fully saturated rings. The van der Waals surface area contributed by atoms with E-state index in [0.29, 0.717) is 11.2 Å². The molecule has 1 aliphatic rings. The van der Waals surface area contributed by atoms with Crippen LogP contribution in [0.5, 0.6) is 0 Å². The third-order valence-electron chi connectivity index (χ3n) is 4.04. The van der Waals surface area contributed by atoms with Crippen LogP contribution in [-0.4, -0.2) is 76.4 Å². The van der Waals surface area contributed by atoms with Gasteiger partial charge in [0.2, 0.25) is 0 Å². The van der Waals surface area contributed by atoms with Crippen LogP contribution in [0.15, 0.2) is 18.6 Å². The minimum atomic E-state index is -5.09. The number of carboxylic acid groups (broad SMARTS) is 1. The number of anilines is 1. The average molecular weight is 404 g/mol. The van der Waals surface area contributed by atoms with Crippen LogP contribution in [-0.2, 0) is 18.8 Å². The van der Waals surface area contributed by atoms with E-state index in [4.69, 9.17) is 30.1 Å². The zero-order valence-corrected chi connectivity index (χ0v) is 14.5. The highest BCUT2D eigenvalue weighted by Gasteiger charge is 2.46. The van der Waals surface area contributed by atoms with E-state index >= 15 is 0 Å². The Labute approximate surface area is 151 Å². The number of nitrogens with zero attached hydrogens (tertiary/aromatic N) is 3. The largest absolute Gasteiger partial charge is 0.479 e. The van der Waals surface area contributed by atoms with Gasteiger partial charge in [0.05, 0.1) is 18.6 Å². The van der Waals surface area contributed by atoms with Crippen LogP contribution in [0.2, 0.25) is 0 Å². The van der Waals surface area contributed by atoms with E-state index in [2.05, 4.69) is 9.97 Å². The molecule has 27 heavy (non-hydrogen) atoms. The number of aliphatic carboxylic acids is 1. The van der Waals surface area contributed by atoms with Crippen LogP contribution in [0.1, 0.15) is 6.23 Å². The minimum Gasteiger partial charge on any atom is -0.479 e. The molecule has 1 saturated heterocycles. The fourth-order valence-corrected chi connectivity index (χ4v) is 3.30. The van der Waals surface area contributed by atoms with Gasteiger partial charge in [-0.2, -0.15) is 0 Å². The number of hydrogen-bond donors (Lipinski definition) is 6. The van der Waals surface area contributed by atoms with E-state index in [9.17, 15) is 19.6 Å². The fourth-order valence-electron chi connectivity index (χ4n) is 2.73. The van der Waals surface area contributed by atoms with Crippen LogP contribution in [0.3, 0.4) is 0 Å². The summed E-state index contributed by atoms with van der Waals surface area (Å²) in [6.45, 7) is -0.682. The number of aromatic nitrogens is 3. The summed E-state index contributed by atoms with van der Waals surface area (Å²) in [6.07, 6.45) is -2.65. The van der Waals surface area contributed by atoms with Crippen molar-refractivity contribution in [3.8, 4) is 0 Å². The fraction of sp³-hybridized carbons (Fsp3) is 0.462. The number of imidazole rings is 1. The van der Waals surface area contributed by atoms with Crippen LogP contribution in [0, 0.1) is 0 Å². The molecule has 3 rings (SSSR count). The summed E-state index contributed by atoms with van der Waals surface area (Å²) in [7, 11) is -5.09. The normalized spacial score (nSPS) is 27.1. The summed E-state index contributed by atoms with van der Waals surface area (Å²) in [5.74, 6) is -4.28. The Morgan fingerprint density at radius 3 is 2.70 bits per heavy atom. The van der Waals surface area contributed by atoms with Crippen molar-refractivity contribution in [3.63, 3.8) is 0 Å². The number of carboxylic acids is 1. The molecule has 0 spiro atoms. The summed E-state index contributed by atoms with van der Waals surface area (Å²) in [5, 5.41) is 29.2. The molecule has 0 aromatic carbocycles. The molecule has 0 saturated carbocycles. The second kappa shape index (κ2) is 7.13. The first kappa shape index (κ1) is 19.6. The summed E-state index contributed by atoms with van der Waals surface area (Å²) in [4.78, 5) is 37.1. The van der Waals surface area contributed by atoms with E-state index in [1.807, 2.05) is 0 Å². The van der Waals surface area contributed by atoms with Gasteiger partial charge in [0.1, 0.15) is 23.8 Å². The van der Waals surface area contributed by atoms with E-state index < -0.39 is 50.6 Å². The maximum Gasteiger partial charge on any atom is 0.365 e. The number of nitrogen functional groups attached to an aromatic ring is 1. The molecule has 2 aromatic heterocycles. The SMILES string of the molecule is Nc1ccnc2c1ncn2C1OC(COC(C(=O)O)P(=O)(O)O)C(O)C1O. The van der Waals surface area contributed by atoms with Crippen molar-refractivity contribution in [2.75, 3.05) is 12.3 Å². The molecule has 5 unspecified atom stereocenters. The lowest BCUT2D eigenvalue weighted by Crippen LogP contribution is -2.36. The standard InChI is InChI=1S/C13H17N4O9P/c14-5-1-2-15-10-7(5)16-4-17(10)11-9(19)8(18)6(26-11)3-25-13(12(20)21)27(22,23)24/h1-2,4,6,8-9,11,13,18-19H,3H2,(H2,14,15)(H,20,21)(H2,22,23,24). The topological polar surface area (TPSA) is 210 Å². The van der Waals surface area contributed by atoms with E-state index in [1.165, 1.54) is 23.2 Å². The number of nitrogens with two attached hydrogens (primary N) is 1. The first-order chi connectivity index (χ1) is 12.6. The number of pyridine rings is 1. The van der Waals surface area contributed by atoms with Gasteiger partial charge in [0, 0.05) is 6.20 Å². The van der Waals surface area contributed by atoms with Gasteiger partial charge in [-0.1, -0.05) is 0 Å². The molecule has 1 aliphatic heterocycles. The quantitative estimate of drug-likeness (QED) is 0.296. The number of ether oxygens (including phenoxy) is 2. The number of carbonyl (C=O) groups is 1. The highest BCUT2D eigenvalue weighted by atomic mass is 31.2. The highest BCUT2D eigenvalue weighted by molar-refractivity contribution is 7.53. The second-order valence-corrected chi connectivity index (χ2v) is 7.53. The monoisotopic (exact) mass is 404 g/mol. The lowest BCUT2D eigenvalue weighted by molar-refractivity contribution is -0.149. The Balaban J connectivity index is 1.78. The van der Waals surface area contributed by atoms with E-state index in [1.54, 1.807) is 0 Å². The summed E-state index contributed by atoms with van der Waals surface area (Å²) >= 11 is 0. The van der Waals surface area contributed by atoms with Crippen LogP contribution in [0.4, 0.5) is 5.69 Å². The smallest absolute Gasteiger partial charge is 0.365 e. The Morgan fingerprint density at radius 2 is 2.07 bits per heavy atom. The maximum atomic E-state index is 11.2. The number of rotatable bonds is 6. The Hall–Kier alpha value is -2.12. The van der Waals surface area contributed by atoms with Gasteiger partial charge in [0.15, 0.2) is 11.9 Å². The molecule has 13 nitrogen and oxygen atoms in total. The van der Waals surface area contributed by atoms with Gasteiger partial charge in [-0.3, -0.25) is 9.13 Å². The van der Waals surface area contributed by atoms with Crippen molar-refractivity contribution in [2.45, 2.75) is 30.4 Å². The predicted molar refractivity (Wildman–Crippen MR) is 87.3 cm³/mol. The zero-order valence-electron chi connectivity index (χ0n) is 13.6. The van der Waals surface area contributed by atoms with E-state index in [0.717, 1.165) is 0 Å². The van der Waals surface area contributed by atoms with Gasteiger partial charge in [0.25, 0.3) is 5.85 Å². The highest BCUT2D eigenvalue weighted by Crippen LogP contribution is 2.42. The molecule has 14 heteroatoms. The summed E-state index contributed by atoms with van der Waals surface area (Å²) in [5.41, 5.74) is 6.77. The van der Waals surface area contributed by atoms with Crippen molar-refractivity contribution in [3.05, 3.63) is 18.6 Å². The lowest BCUT2D eigenvalue weighted by Gasteiger charge is -2.19. The lowest BCUT2D eigenvalue weighted by atomic mass is 10.1. The molecule has 0 amide bonds. The molecule has 5 atom stereocenters. The van der Waals surface area contributed by atoms with Crippen LogP contribution in [0.25, 0.3) is 11.2 Å².